The molecule has 0 aliphatic rings. The second kappa shape index (κ2) is 6.80. The van der Waals surface area contributed by atoms with Gasteiger partial charge in [-0.05, 0) is 23.3 Å². The van der Waals surface area contributed by atoms with Crippen molar-refractivity contribution >= 4 is 11.6 Å². The molecular weight excluding hydrogens is 331 g/mol. The third-order valence-electron chi connectivity index (χ3n) is 3.49. The summed E-state index contributed by atoms with van der Waals surface area (Å²) in [5, 5.41) is 6.12. The van der Waals surface area contributed by atoms with Gasteiger partial charge in [0.25, 0.3) is 5.91 Å². The molecule has 0 unspecified atom stereocenters. The number of nitrogens with one attached hydrogen (secondary N) is 1. The van der Waals surface area contributed by atoms with Crippen LogP contribution in [0.1, 0.15) is 10.4 Å². The Morgan fingerprint density at radius 1 is 1.00 bits per heavy atom. The molecule has 0 fully saturated rings. The fourth-order valence-corrected chi connectivity index (χ4v) is 2.35. The van der Waals surface area contributed by atoms with Crippen molar-refractivity contribution in [2.75, 3.05) is 5.32 Å². The highest BCUT2D eigenvalue weighted by Gasteiger charge is 2.28. The Morgan fingerprint density at radius 2 is 1.64 bits per heavy atom. The first kappa shape index (κ1) is 16.8. The third-order valence-corrected chi connectivity index (χ3v) is 3.49. The fourth-order valence-electron chi connectivity index (χ4n) is 2.35. The van der Waals surface area contributed by atoms with E-state index in [4.69, 9.17) is 0 Å². The number of hydrogen-bond acceptors (Lipinski definition) is 2. The molecule has 3 aromatic rings. The number of anilines is 1. The molecule has 3 rings (SSSR count). The molecule has 25 heavy (non-hydrogen) atoms. The summed E-state index contributed by atoms with van der Waals surface area (Å²) in [6.07, 6.45) is -2.04. The number of aromatic nitrogens is 2. The first-order chi connectivity index (χ1) is 11.9. The Balaban J connectivity index is 1.67. The molecule has 1 amide bonds. The van der Waals surface area contributed by atoms with E-state index in [0.717, 1.165) is 22.0 Å². The van der Waals surface area contributed by atoms with Crippen LogP contribution in [0, 0.1) is 0 Å². The van der Waals surface area contributed by atoms with Crippen LogP contribution >= 0.6 is 0 Å². The topological polar surface area (TPSA) is 46.9 Å². The van der Waals surface area contributed by atoms with Crippen molar-refractivity contribution in [1.29, 1.82) is 0 Å². The zero-order chi connectivity index (χ0) is 17.9. The fraction of sp³-hybridized carbons (Fsp3) is 0.111. The molecule has 7 heteroatoms. The Bertz CT molecular complexity index is 855. The molecule has 1 aromatic heterocycles. The number of benzene rings is 2. The smallest absolute Gasteiger partial charge is 0.319 e. The summed E-state index contributed by atoms with van der Waals surface area (Å²) in [6, 6.07) is 16.7. The van der Waals surface area contributed by atoms with E-state index in [1.807, 2.05) is 42.5 Å². The van der Waals surface area contributed by atoms with Gasteiger partial charge in [0, 0.05) is 11.8 Å². The van der Waals surface area contributed by atoms with Crippen molar-refractivity contribution in [2.45, 2.75) is 12.7 Å². The molecule has 2 aromatic carbocycles. The number of rotatable bonds is 4. The quantitative estimate of drug-likeness (QED) is 0.763. The normalized spacial score (nSPS) is 11.3. The lowest BCUT2D eigenvalue weighted by Crippen LogP contribution is -2.18. The molecular formula is C18H14F3N3O. The van der Waals surface area contributed by atoms with E-state index in [0.29, 0.717) is 5.56 Å². The van der Waals surface area contributed by atoms with Crippen LogP contribution in [-0.4, -0.2) is 21.9 Å². The summed E-state index contributed by atoms with van der Waals surface area (Å²) in [4.78, 5) is 12.2. The van der Waals surface area contributed by atoms with Gasteiger partial charge in [-0.3, -0.25) is 9.48 Å². The summed E-state index contributed by atoms with van der Waals surface area (Å²) >= 11 is 0. The van der Waals surface area contributed by atoms with Gasteiger partial charge >= 0.3 is 6.18 Å². The second-order valence-corrected chi connectivity index (χ2v) is 5.44. The van der Waals surface area contributed by atoms with Crippen LogP contribution in [0.15, 0.2) is 67.0 Å². The van der Waals surface area contributed by atoms with E-state index in [1.54, 1.807) is 12.1 Å². The van der Waals surface area contributed by atoms with Gasteiger partial charge in [0.15, 0.2) is 0 Å². The minimum Gasteiger partial charge on any atom is -0.319 e. The van der Waals surface area contributed by atoms with Gasteiger partial charge in [0.05, 0.1) is 11.9 Å². The summed E-state index contributed by atoms with van der Waals surface area (Å²) in [7, 11) is 0. The predicted molar refractivity (Wildman–Crippen MR) is 88.1 cm³/mol. The van der Waals surface area contributed by atoms with Crippen LogP contribution in [0.4, 0.5) is 18.9 Å². The highest BCUT2D eigenvalue weighted by atomic mass is 19.4. The van der Waals surface area contributed by atoms with Crippen molar-refractivity contribution in [1.82, 2.24) is 9.78 Å². The lowest BCUT2D eigenvalue weighted by atomic mass is 10.0. The van der Waals surface area contributed by atoms with E-state index in [1.165, 1.54) is 6.20 Å². The van der Waals surface area contributed by atoms with Gasteiger partial charge < -0.3 is 5.32 Å². The van der Waals surface area contributed by atoms with Crippen LogP contribution < -0.4 is 5.32 Å². The lowest BCUT2D eigenvalue weighted by Gasteiger charge is -2.06. The average molecular weight is 345 g/mol. The van der Waals surface area contributed by atoms with Gasteiger partial charge in [-0.2, -0.15) is 18.3 Å². The number of halogens is 3. The van der Waals surface area contributed by atoms with E-state index >= 15 is 0 Å². The molecule has 0 bridgehead atoms. The first-order valence-electron chi connectivity index (χ1n) is 7.47. The molecule has 1 heterocycles. The minimum absolute atomic E-state index is 0.210. The standard InChI is InChI=1S/C18H14F3N3O/c19-18(20,21)12-24-11-16(10-22-24)23-17(25)15-8-6-14(7-9-15)13-4-2-1-3-5-13/h1-11H,12H2,(H,23,25). The Morgan fingerprint density at radius 3 is 2.28 bits per heavy atom. The zero-order valence-electron chi connectivity index (χ0n) is 13.0. The van der Waals surface area contributed by atoms with E-state index < -0.39 is 18.6 Å². The number of alkyl halides is 3. The lowest BCUT2D eigenvalue weighted by molar-refractivity contribution is -0.142. The van der Waals surface area contributed by atoms with Crippen LogP contribution in [0.3, 0.4) is 0 Å². The molecule has 0 atom stereocenters. The number of carbonyl (C=O) groups is 1. The van der Waals surface area contributed by atoms with Crippen LogP contribution in [-0.2, 0) is 6.54 Å². The summed E-state index contributed by atoms with van der Waals surface area (Å²) in [5.41, 5.74) is 2.61. The van der Waals surface area contributed by atoms with Crippen molar-refractivity contribution in [3.63, 3.8) is 0 Å². The number of carbonyl (C=O) groups excluding carboxylic acids is 1. The van der Waals surface area contributed by atoms with Crippen molar-refractivity contribution in [3.8, 4) is 11.1 Å². The van der Waals surface area contributed by atoms with Gasteiger partial charge in [0.1, 0.15) is 6.54 Å². The molecule has 0 saturated heterocycles. The third kappa shape index (κ3) is 4.47. The molecule has 0 aliphatic heterocycles. The summed E-state index contributed by atoms with van der Waals surface area (Å²) in [5.74, 6) is -0.411. The molecule has 0 spiro atoms. The largest absolute Gasteiger partial charge is 0.408 e. The molecule has 0 radical (unpaired) electrons. The van der Waals surface area contributed by atoms with Crippen molar-refractivity contribution < 1.29 is 18.0 Å². The van der Waals surface area contributed by atoms with Crippen LogP contribution in [0.25, 0.3) is 11.1 Å². The molecule has 1 N–H and O–H groups in total. The second-order valence-electron chi connectivity index (χ2n) is 5.44. The molecule has 0 aliphatic carbocycles. The Hall–Kier alpha value is -3.09. The highest BCUT2D eigenvalue weighted by Crippen LogP contribution is 2.20. The van der Waals surface area contributed by atoms with Gasteiger partial charge in [-0.1, -0.05) is 42.5 Å². The highest BCUT2D eigenvalue weighted by molar-refractivity contribution is 6.04. The van der Waals surface area contributed by atoms with Gasteiger partial charge in [-0.25, -0.2) is 0 Å². The maximum Gasteiger partial charge on any atom is 0.408 e. The number of amides is 1. The van der Waals surface area contributed by atoms with Crippen LogP contribution in [0.2, 0.25) is 0 Å². The predicted octanol–water partition coefficient (Wildman–Crippen LogP) is 4.36. The Labute approximate surface area is 141 Å². The minimum atomic E-state index is -4.36. The number of nitrogens with zero attached hydrogens (tertiary/aromatic N) is 2. The first-order valence-corrected chi connectivity index (χ1v) is 7.47. The SMILES string of the molecule is O=C(Nc1cnn(CC(F)(F)F)c1)c1ccc(-c2ccccc2)cc1. The van der Waals surface area contributed by atoms with Crippen molar-refractivity contribution in [3.05, 3.63) is 72.6 Å². The van der Waals surface area contributed by atoms with Gasteiger partial charge in [0.2, 0.25) is 0 Å². The van der Waals surface area contributed by atoms with Crippen LogP contribution in [0.5, 0.6) is 0 Å². The van der Waals surface area contributed by atoms with Gasteiger partial charge in [-0.15, -0.1) is 0 Å². The molecule has 0 saturated carbocycles. The summed E-state index contributed by atoms with van der Waals surface area (Å²) in [6.45, 7) is -1.20. The Kier molecular flexibility index (Phi) is 4.56. The van der Waals surface area contributed by atoms with E-state index in [9.17, 15) is 18.0 Å². The monoisotopic (exact) mass is 345 g/mol. The maximum atomic E-state index is 12.3. The average Bonchev–Trinajstić information content (AvgIpc) is 3.00. The summed E-state index contributed by atoms with van der Waals surface area (Å²) < 4.78 is 37.7. The maximum absolute atomic E-state index is 12.3. The van der Waals surface area contributed by atoms with E-state index in [2.05, 4.69) is 10.4 Å². The number of hydrogen-bond donors (Lipinski definition) is 1. The van der Waals surface area contributed by atoms with Crippen molar-refractivity contribution in [2.24, 2.45) is 0 Å². The zero-order valence-corrected chi connectivity index (χ0v) is 13.0. The molecule has 4 nitrogen and oxygen atoms in total. The van der Waals surface area contributed by atoms with E-state index in [-0.39, 0.29) is 5.69 Å². The molecule has 128 valence electrons.